The van der Waals surface area contributed by atoms with Crippen LogP contribution in [0.3, 0.4) is 0 Å². The molecule has 1 heterocycles. The smallest absolute Gasteiger partial charge is 0.0483 e. The number of aromatic nitrogens is 1. The summed E-state index contributed by atoms with van der Waals surface area (Å²) < 4.78 is 2.42. The Labute approximate surface area is 104 Å². The molecular weight excluding hydrogens is 206 g/mol. The molecule has 1 aromatic heterocycles. The Bertz CT molecular complexity index is 477. The number of hydrogen-bond acceptors (Lipinski definition) is 0. The highest BCUT2D eigenvalue weighted by Gasteiger charge is 2.18. The first kappa shape index (κ1) is 12.2. The molecule has 0 unspecified atom stereocenters. The van der Waals surface area contributed by atoms with Crippen molar-refractivity contribution in [3.05, 3.63) is 36.0 Å². The Hall–Kier alpha value is -1.24. The zero-order chi connectivity index (χ0) is 12.3. The first-order chi connectivity index (χ1) is 8.34. The quantitative estimate of drug-likeness (QED) is 0.698. The molecule has 1 fully saturated rings. The van der Waals surface area contributed by atoms with E-state index in [4.69, 9.17) is 0 Å². The molecule has 0 spiro atoms. The average molecular weight is 229 g/mol. The summed E-state index contributed by atoms with van der Waals surface area (Å²) in [6.45, 7) is 7.41. The van der Waals surface area contributed by atoms with Crippen molar-refractivity contribution in [1.82, 2.24) is 4.57 Å². The molecule has 0 amide bonds. The Balaban J connectivity index is 0.000000514. The van der Waals surface area contributed by atoms with Gasteiger partial charge in [-0.15, -0.1) is 0 Å². The van der Waals surface area contributed by atoms with E-state index < -0.39 is 0 Å². The number of aryl methyl sites for hydroxylation is 1. The second-order valence-electron chi connectivity index (χ2n) is 4.77. The summed E-state index contributed by atoms with van der Waals surface area (Å²) >= 11 is 0. The summed E-state index contributed by atoms with van der Waals surface area (Å²) in [7, 11) is 0. The standard InChI is InChI=1S/C14H17N.C2H6/c1-11-4-2-7-14-13(11)8-9-15(14)10-12-5-3-6-12;1-2/h2,4,7-9,12H,3,5-6,10H2,1H3;1-2H3. The minimum atomic E-state index is 0.932. The van der Waals surface area contributed by atoms with Gasteiger partial charge in [0, 0.05) is 23.6 Å². The molecule has 0 saturated heterocycles. The van der Waals surface area contributed by atoms with Gasteiger partial charge in [-0.05, 0) is 43.4 Å². The lowest BCUT2D eigenvalue weighted by Gasteiger charge is -2.26. The van der Waals surface area contributed by atoms with Crippen LogP contribution in [0.5, 0.6) is 0 Å². The van der Waals surface area contributed by atoms with Gasteiger partial charge in [0.1, 0.15) is 0 Å². The number of fused-ring (bicyclic) bond motifs is 1. The molecule has 1 nitrogen and oxygen atoms in total. The molecule has 0 bridgehead atoms. The zero-order valence-electron chi connectivity index (χ0n) is 11.2. The molecular formula is C16H23N. The summed E-state index contributed by atoms with van der Waals surface area (Å²) in [6, 6.07) is 8.84. The highest BCUT2D eigenvalue weighted by atomic mass is 15.0. The molecule has 17 heavy (non-hydrogen) atoms. The van der Waals surface area contributed by atoms with Crippen molar-refractivity contribution in [1.29, 1.82) is 0 Å². The number of hydrogen-bond donors (Lipinski definition) is 0. The molecule has 1 heteroatoms. The van der Waals surface area contributed by atoms with Gasteiger partial charge in [-0.2, -0.15) is 0 Å². The van der Waals surface area contributed by atoms with Crippen molar-refractivity contribution in [2.24, 2.45) is 5.92 Å². The van der Waals surface area contributed by atoms with E-state index in [-0.39, 0.29) is 0 Å². The van der Waals surface area contributed by atoms with Gasteiger partial charge in [0.25, 0.3) is 0 Å². The van der Waals surface area contributed by atoms with Gasteiger partial charge in [0.15, 0.2) is 0 Å². The first-order valence-corrected chi connectivity index (χ1v) is 6.89. The molecule has 0 N–H and O–H groups in total. The van der Waals surface area contributed by atoms with Crippen molar-refractivity contribution < 1.29 is 0 Å². The maximum absolute atomic E-state index is 2.42. The molecule has 1 saturated carbocycles. The van der Waals surface area contributed by atoms with Crippen LogP contribution in [0.4, 0.5) is 0 Å². The van der Waals surface area contributed by atoms with Gasteiger partial charge in [0.2, 0.25) is 0 Å². The van der Waals surface area contributed by atoms with E-state index in [2.05, 4.69) is 42.0 Å². The molecule has 92 valence electrons. The predicted octanol–water partition coefficient (Wildman–Crippen LogP) is 4.78. The van der Waals surface area contributed by atoms with E-state index in [1.165, 1.54) is 42.3 Å². The number of benzene rings is 1. The fourth-order valence-corrected chi connectivity index (χ4v) is 2.49. The largest absolute Gasteiger partial charge is 0.347 e. The second-order valence-corrected chi connectivity index (χ2v) is 4.77. The average Bonchev–Trinajstić information content (AvgIpc) is 2.71. The normalized spacial score (nSPS) is 15.2. The van der Waals surface area contributed by atoms with Gasteiger partial charge in [-0.25, -0.2) is 0 Å². The van der Waals surface area contributed by atoms with Crippen LogP contribution in [0, 0.1) is 12.8 Å². The summed E-state index contributed by atoms with van der Waals surface area (Å²) in [4.78, 5) is 0. The van der Waals surface area contributed by atoms with E-state index in [0.29, 0.717) is 0 Å². The van der Waals surface area contributed by atoms with Gasteiger partial charge in [-0.3, -0.25) is 0 Å². The van der Waals surface area contributed by atoms with E-state index in [9.17, 15) is 0 Å². The third-order valence-corrected chi connectivity index (χ3v) is 3.71. The Morgan fingerprint density at radius 2 is 1.94 bits per heavy atom. The van der Waals surface area contributed by atoms with Crippen molar-refractivity contribution in [3.8, 4) is 0 Å². The fraction of sp³-hybridized carbons (Fsp3) is 0.500. The molecule has 3 rings (SSSR count). The lowest BCUT2D eigenvalue weighted by atomic mass is 9.85. The first-order valence-electron chi connectivity index (χ1n) is 6.89. The SMILES string of the molecule is CC.Cc1cccc2c1ccn2CC1CCC1. The summed E-state index contributed by atoms with van der Waals surface area (Å²) in [5.41, 5.74) is 2.79. The van der Waals surface area contributed by atoms with Crippen LogP contribution in [-0.4, -0.2) is 4.57 Å². The molecule has 0 atom stereocenters. The van der Waals surface area contributed by atoms with E-state index in [1.54, 1.807) is 0 Å². The van der Waals surface area contributed by atoms with Crippen LogP contribution in [0.1, 0.15) is 38.7 Å². The maximum Gasteiger partial charge on any atom is 0.0483 e. The number of rotatable bonds is 2. The van der Waals surface area contributed by atoms with Crippen LogP contribution in [0.15, 0.2) is 30.5 Å². The molecule has 1 aliphatic carbocycles. The zero-order valence-corrected chi connectivity index (χ0v) is 11.2. The van der Waals surface area contributed by atoms with Crippen LogP contribution < -0.4 is 0 Å². The van der Waals surface area contributed by atoms with Crippen molar-refractivity contribution in [2.45, 2.75) is 46.6 Å². The summed E-state index contributed by atoms with van der Waals surface area (Å²) in [6.07, 6.45) is 6.52. The van der Waals surface area contributed by atoms with Gasteiger partial charge >= 0.3 is 0 Å². The van der Waals surface area contributed by atoms with E-state index >= 15 is 0 Å². The van der Waals surface area contributed by atoms with Crippen molar-refractivity contribution in [3.63, 3.8) is 0 Å². The van der Waals surface area contributed by atoms with Crippen LogP contribution >= 0.6 is 0 Å². The van der Waals surface area contributed by atoms with Crippen LogP contribution in [0.2, 0.25) is 0 Å². The Kier molecular flexibility index (Phi) is 3.88. The van der Waals surface area contributed by atoms with Crippen molar-refractivity contribution >= 4 is 10.9 Å². The summed E-state index contributed by atoms with van der Waals surface area (Å²) in [5, 5.41) is 1.41. The third kappa shape index (κ3) is 2.38. The molecule has 2 aromatic rings. The van der Waals surface area contributed by atoms with Gasteiger partial charge < -0.3 is 4.57 Å². The Morgan fingerprint density at radius 3 is 2.59 bits per heavy atom. The van der Waals surface area contributed by atoms with Gasteiger partial charge in [-0.1, -0.05) is 32.4 Å². The van der Waals surface area contributed by atoms with E-state index in [0.717, 1.165) is 5.92 Å². The molecule has 0 aliphatic heterocycles. The molecule has 1 aromatic carbocycles. The lowest BCUT2D eigenvalue weighted by molar-refractivity contribution is 0.280. The fourth-order valence-electron chi connectivity index (χ4n) is 2.49. The van der Waals surface area contributed by atoms with E-state index in [1.807, 2.05) is 13.8 Å². The molecule has 1 aliphatic rings. The minimum Gasteiger partial charge on any atom is -0.347 e. The summed E-state index contributed by atoms with van der Waals surface area (Å²) in [5.74, 6) is 0.932. The monoisotopic (exact) mass is 229 g/mol. The second kappa shape index (κ2) is 5.39. The van der Waals surface area contributed by atoms with Crippen LogP contribution in [0.25, 0.3) is 10.9 Å². The van der Waals surface area contributed by atoms with Gasteiger partial charge in [0.05, 0.1) is 0 Å². The highest BCUT2D eigenvalue weighted by Crippen LogP contribution is 2.29. The topological polar surface area (TPSA) is 4.93 Å². The lowest BCUT2D eigenvalue weighted by Crippen LogP contribution is -2.17. The third-order valence-electron chi connectivity index (χ3n) is 3.71. The van der Waals surface area contributed by atoms with Crippen LogP contribution in [-0.2, 0) is 6.54 Å². The molecule has 0 radical (unpaired) electrons. The maximum atomic E-state index is 2.42. The Morgan fingerprint density at radius 1 is 1.18 bits per heavy atom. The van der Waals surface area contributed by atoms with Crippen molar-refractivity contribution in [2.75, 3.05) is 0 Å². The predicted molar refractivity (Wildman–Crippen MR) is 75.4 cm³/mol. The number of nitrogens with zero attached hydrogens (tertiary/aromatic N) is 1. The minimum absolute atomic E-state index is 0.932. The highest BCUT2D eigenvalue weighted by molar-refractivity contribution is 5.83.